The van der Waals surface area contributed by atoms with Gasteiger partial charge in [0.15, 0.2) is 0 Å². The van der Waals surface area contributed by atoms with E-state index in [-0.39, 0.29) is 18.7 Å². The Balaban J connectivity index is 1.23. The van der Waals surface area contributed by atoms with Gasteiger partial charge in [0.25, 0.3) is 0 Å². The molecule has 41 heavy (non-hydrogen) atoms. The largest absolute Gasteiger partial charge is 0.444 e. The molecule has 208 valence electrons. The molecule has 7 heteroatoms. The summed E-state index contributed by atoms with van der Waals surface area (Å²) in [5.41, 5.74) is 7.38. The van der Waals surface area contributed by atoms with Crippen molar-refractivity contribution >= 4 is 17.4 Å². The lowest BCUT2D eigenvalue weighted by atomic mass is 9.97. The Hall–Kier alpha value is -4.33. The highest BCUT2D eigenvalue weighted by molar-refractivity contribution is 7.09. The van der Waals surface area contributed by atoms with E-state index in [0.717, 1.165) is 41.1 Å². The van der Waals surface area contributed by atoms with Gasteiger partial charge in [-0.2, -0.15) is 0 Å². The molecular weight excluding hydrogens is 528 g/mol. The van der Waals surface area contributed by atoms with Crippen LogP contribution < -0.4 is 5.32 Å². The lowest BCUT2D eigenvalue weighted by Gasteiger charge is -2.24. The summed E-state index contributed by atoms with van der Waals surface area (Å²) in [7, 11) is 0. The molecule has 0 aliphatic heterocycles. The number of aromatic nitrogens is 2. The summed E-state index contributed by atoms with van der Waals surface area (Å²) < 4.78 is 5.63. The van der Waals surface area contributed by atoms with Gasteiger partial charge in [-0.1, -0.05) is 91.0 Å². The number of nitrogens with one attached hydrogen (secondary N) is 1. The quantitative estimate of drug-likeness (QED) is 0.152. The molecule has 1 unspecified atom stereocenters. The molecule has 0 fully saturated rings. The number of hydrogen-bond acceptors (Lipinski definition) is 6. The van der Waals surface area contributed by atoms with E-state index in [4.69, 9.17) is 4.74 Å². The second-order valence-electron chi connectivity index (χ2n) is 9.82. The van der Waals surface area contributed by atoms with Gasteiger partial charge in [0.1, 0.15) is 6.61 Å². The summed E-state index contributed by atoms with van der Waals surface area (Å²) in [6.45, 7) is 2.08. The monoisotopic (exact) mass is 562 g/mol. The fraction of sp³-hybridized carbons (Fsp3) is 0.206. The summed E-state index contributed by atoms with van der Waals surface area (Å²) in [6.07, 6.45) is 4.90. The lowest BCUT2D eigenvalue weighted by molar-refractivity contribution is 0.0939. The zero-order valence-electron chi connectivity index (χ0n) is 22.9. The molecule has 1 amide bonds. The predicted octanol–water partition coefficient (Wildman–Crippen LogP) is 7.31. The summed E-state index contributed by atoms with van der Waals surface area (Å²) >= 11 is 1.48. The molecule has 0 spiro atoms. The van der Waals surface area contributed by atoms with Crippen LogP contribution in [0, 0.1) is 0 Å². The van der Waals surface area contributed by atoms with Crippen molar-refractivity contribution in [2.24, 2.45) is 0 Å². The van der Waals surface area contributed by atoms with Crippen molar-refractivity contribution in [2.75, 3.05) is 13.1 Å². The topological polar surface area (TPSA) is 67.3 Å². The molecule has 1 N–H and O–H groups in total. The van der Waals surface area contributed by atoms with E-state index in [2.05, 4.69) is 63.8 Å². The molecule has 5 rings (SSSR count). The van der Waals surface area contributed by atoms with E-state index in [1.165, 1.54) is 22.5 Å². The molecule has 5 aromatic rings. The smallest absolute Gasteiger partial charge is 0.410 e. The van der Waals surface area contributed by atoms with Gasteiger partial charge in [-0.3, -0.25) is 9.97 Å². The highest BCUT2D eigenvalue weighted by Crippen LogP contribution is 2.23. The Bertz CT molecular complexity index is 1450. The molecule has 6 nitrogen and oxygen atoms in total. The first kappa shape index (κ1) is 28.2. The second kappa shape index (κ2) is 14.9. The molecule has 0 radical (unpaired) electrons. The maximum absolute atomic E-state index is 13.0. The van der Waals surface area contributed by atoms with Crippen LogP contribution in [-0.2, 0) is 24.3 Å². The van der Waals surface area contributed by atoms with Crippen molar-refractivity contribution < 1.29 is 9.53 Å². The van der Waals surface area contributed by atoms with E-state index in [1.807, 2.05) is 60.8 Å². The van der Waals surface area contributed by atoms with Gasteiger partial charge >= 0.3 is 6.09 Å². The van der Waals surface area contributed by atoms with Crippen LogP contribution in [0.15, 0.2) is 121 Å². The minimum absolute atomic E-state index is 0.135. The summed E-state index contributed by atoms with van der Waals surface area (Å²) in [5.74, 6) is 0. The highest BCUT2D eigenvalue weighted by Gasteiger charge is 2.17. The average Bonchev–Trinajstić information content (AvgIpc) is 3.56. The maximum atomic E-state index is 13.0. The third-order valence-electron chi connectivity index (χ3n) is 6.85. The number of pyridine rings is 1. The number of rotatable bonds is 13. The summed E-state index contributed by atoms with van der Waals surface area (Å²) in [5, 5.41) is 3.76. The Morgan fingerprint density at radius 3 is 2.29 bits per heavy atom. The third kappa shape index (κ3) is 8.58. The van der Waals surface area contributed by atoms with Gasteiger partial charge in [0.05, 0.1) is 16.1 Å². The third-order valence-corrected chi connectivity index (χ3v) is 7.60. The van der Waals surface area contributed by atoms with E-state index < -0.39 is 0 Å². The van der Waals surface area contributed by atoms with Crippen molar-refractivity contribution in [3.8, 4) is 11.3 Å². The Labute approximate surface area is 245 Å². The number of carbonyl (C=O) groups excluding carboxylic acids is 1. The SMILES string of the molecule is O=C(OCc1cncs1)N(CCCNC(Cc1ccccc1)c1ccc(-c2ccccn2)cc1)Cc1ccccc1. The number of ether oxygens (including phenoxy) is 1. The van der Waals surface area contributed by atoms with Crippen molar-refractivity contribution in [1.29, 1.82) is 0 Å². The molecular formula is C34H34N4O2S. The van der Waals surface area contributed by atoms with Gasteiger partial charge in [-0.15, -0.1) is 11.3 Å². The van der Waals surface area contributed by atoms with Crippen molar-refractivity contribution in [2.45, 2.75) is 32.0 Å². The van der Waals surface area contributed by atoms with E-state index in [0.29, 0.717) is 13.1 Å². The van der Waals surface area contributed by atoms with Crippen LogP contribution in [0.4, 0.5) is 4.79 Å². The van der Waals surface area contributed by atoms with E-state index >= 15 is 0 Å². The van der Waals surface area contributed by atoms with Gasteiger partial charge in [-0.25, -0.2) is 4.79 Å². The van der Waals surface area contributed by atoms with E-state index in [9.17, 15) is 4.79 Å². The van der Waals surface area contributed by atoms with Crippen LogP contribution in [0.2, 0.25) is 0 Å². The van der Waals surface area contributed by atoms with E-state index in [1.54, 1.807) is 16.6 Å². The Morgan fingerprint density at radius 1 is 0.878 bits per heavy atom. The van der Waals surface area contributed by atoms with Crippen LogP contribution in [0.3, 0.4) is 0 Å². The van der Waals surface area contributed by atoms with Gasteiger partial charge in [-0.05, 0) is 48.2 Å². The average molecular weight is 563 g/mol. The fourth-order valence-electron chi connectivity index (χ4n) is 4.70. The van der Waals surface area contributed by atoms with Crippen molar-refractivity contribution in [1.82, 2.24) is 20.2 Å². The van der Waals surface area contributed by atoms with Crippen molar-refractivity contribution in [3.63, 3.8) is 0 Å². The number of thiazole rings is 1. The number of benzene rings is 3. The zero-order chi connectivity index (χ0) is 28.1. The lowest BCUT2D eigenvalue weighted by Crippen LogP contribution is -2.34. The van der Waals surface area contributed by atoms with Crippen LogP contribution in [-0.4, -0.2) is 34.1 Å². The first-order chi connectivity index (χ1) is 20.2. The Kier molecular flexibility index (Phi) is 10.2. The summed E-state index contributed by atoms with van der Waals surface area (Å²) in [4.78, 5) is 24.3. The molecule has 0 bridgehead atoms. The van der Waals surface area contributed by atoms with Gasteiger partial charge in [0.2, 0.25) is 0 Å². The fourth-order valence-corrected chi connectivity index (χ4v) is 5.21. The van der Waals surface area contributed by atoms with Crippen molar-refractivity contribution in [3.05, 3.63) is 143 Å². The maximum Gasteiger partial charge on any atom is 0.410 e. The minimum atomic E-state index is -0.312. The number of nitrogens with zero attached hydrogens (tertiary/aromatic N) is 3. The second-order valence-corrected chi connectivity index (χ2v) is 10.8. The van der Waals surface area contributed by atoms with Crippen LogP contribution in [0.1, 0.15) is 34.0 Å². The number of carbonyl (C=O) groups is 1. The number of hydrogen-bond donors (Lipinski definition) is 1. The zero-order valence-corrected chi connectivity index (χ0v) is 23.7. The van der Waals surface area contributed by atoms with Gasteiger partial charge < -0.3 is 15.0 Å². The molecule has 1 atom stereocenters. The highest BCUT2D eigenvalue weighted by atomic mass is 32.1. The molecule has 0 saturated heterocycles. The van der Waals surface area contributed by atoms with Crippen LogP contribution in [0.5, 0.6) is 0 Å². The van der Waals surface area contributed by atoms with Crippen LogP contribution >= 0.6 is 11.3 Å². The number of amides is 1. The minimum Gasteiger partial charge on any atom is -0.444 e. The predicted molar refractivity (Wildman–Crippen MR) is 164 cm³/mol. The molecule has 3 aromatic carbocycles. The Morgan fingerprint density at radius 2 is 1.61 bits per heavy atom. The van der Waals surface area contributed by atoms with Crippen LogP contribution in [0.25, 0.3) is 11.3 Å². The molecule has 0 saturated carbocycles. The molecule has 0 aliphatic carbocycles. The molecule has 0 aliphatic rings. The summed E-state index contributed by atoms with van der Waals surface area (Å²) in [6, 6.07) is 35.3. The normalized spacial score (nSPS) is 11.6. The standard InChI is InChI=1S/C34H34N4O2S/c39-34(40-25-31-23-35-26-41-31)38(24-28-12-5-2-6-13-28)21-9-20-37-33(22-27-10-3-1-4-11-27)30-17-15-29(16-18-30)32-14-7-8-19-36-32/h1-8,10-19,23,26,33,37H,9,20-22,24-25H2. The first-order valence-electron chi connectivity index (χ1n) is 13.9. The molecule has 2 heterocycles. The van der Waals surface area contributed by atoms with Gasteiger partial charge in [0, 0.05) is 37.1 Å². The first-order valence-corrected chi connectivity index (χ1v) is 14.7. The molecule has 2 aromatic heterocycles.